The number of furan rings is 1. The van der Waals surface area contributed by atoms with Crippen molar-refractivity contribution in [3.8, 4) is 0 Å². The van der Waals surface area contributed by atoms with Crippen molar-refractivity contribution in [3.63, 3.8) is 0 Å². The molecule has 96 valence electrons. The maximum atomic E-state index is 5.69. The van der Waals surface area contributed by atoms with E-state index in [-0.39, 0.29) is 0 Å². The molecule has 1 aliphatic rings. The van der Waals surface area contributed by atoms with Crippen molar-refractivity contribution in [2.45, 2.75) is 46.0 Å². The Morgan fingerprint density at radius 1 is 1.35 bits per heavy atom. The second kappa shape index (κ2) is 5.72. The molecular formula is C15H26NO+. The summed E-state index contributed by atoms with van der Waals surface area (Å²) >= 11 is 0. The molecule has 1 aromatic heterocycles. The Labute approximate surface area is 105 Å². The Hall–Kier alpha value is -0.760. The molecule has 0 bridgehead atoms. The molecule has 2 nitrogen and oxygen atoms in total. The van der Waals surface area contributed by atoms with Gasteiger partial charge in [-0.1, -0.05) is 13.8 Å². The van der Waals surface area contributed by atoms with Crippen LogP contribution in [-0.4, -0.2) is 19.6 Å². The SMILES string of the molecule is Cc1ccc([C@@H](C)CC[NH+]2CCC(C)CC2)o1. The van der Waals surface area contributed by atoms with E-state index in [0.29, 0.717) is 5.92 Å². The van der Waals surface area contributed by atoms with Crippen LogP contribution in [0.15, 0.2) is 16.5 Å². The fraction of sp³-hybridized carbons (Fsp3) is 0.733. The summed E-state index contributed by atoms with van der Waals surface area (Å²) in [6, 6.07) is 4.20. The first kappa shape index (κ1) is 12.7. The van der Waals surface area contributed by atoms with Crippen LogP contribution in [0.4, 0.5) is 0 Å². The summed E-state index contributed by atoms with van der Waals surface area (Å²) in [5.74, 6) is 3.71. The molecule has 2 rings (SSSR count). The molecular weight excluding hydrogens is 210 g/mol. The molecule has 1 aromatic rings. The summed E-state index contributed by atoms with van der Waals surface area (Å²) in [6.45, 7) is 10.7. The van der Waals surface area contributed by atoms with E-state index in [1.54, 1.807) is 4.90 Å². The molecule has 0 radical (unpaired) electrons. The largest absolute Gasteiger partial charge is 0.466 e. The van der Waals surface area contributed by atoms with Gasteiger partial charge >= 0.3 is 0 Å². The van der Waals surface area contributed by atoms with E-state index in [4.69, 9.17) is 4.42 Å². The van der Waals surface area contributed by atoms with Crippen LogP contribution < -0.4 is 4.90 Å². The lowest BCUT2D eigenvalue weighted by Crippen LogP contribution is -3.13. The van der Waals surface area contributed by atoms with Crippen LogP contribution >= 0.6 is 0 Å². The van der Waals surface area contributed by atoms with Crippen molar-refractivity contribution in [2.24, 2.45) is 5.92 Å². The van der Waals surface area contributed by atoms with E-state index in [1.165, 1.54) is 38.9 Å². The van der Waals surface area contributed by atoms with Crippen molar-refractivity contribution >= 4 is 0 Å². The number of rotatable bonds is 4. The van der Waals surface area contributed by atoms with Gasteiger partial charge in [0.1, 0.15) is 11.5 Å². The van der Waals surface area contributed by atoms with E-state index in [1.807, 2.05) is 6.92 Å². The van der Waals surface area contributed by atoms with Crippen LogP contribution in [0.5, 0.6) is 0 Å². The third-order valence-corrected chi connectivity index (χ3v) is 4.16. The highest BCUT2D eigenvalue weighted by Crippen LogP contribution is 2.20. The lowest BCUT2D eigenvalue weighted by molar-refractivity contribution is -0.906. The van der Waals surface area contributed by atoms with Gasteiger partial charge in [-0.25, -0.2) is 0 Å². The van der Waals surface area contributed by atoms with Gasteiger partial charge in [0.2, 0.25) is 0 Å². The molecule has 0 spiro atoms. The van der Waals surface area contributed by atoms with Gasteiger partial charge in [-0.05, 0) is 37.8 Å². The predicted octanol–water partition coefficient (Wildman–Crippen LogP) is 2.40. The lowest BCUT2D eigenvalue weighted by atomic mass is 9.98. The summed E-state index contributed by atoms with van der Waals surface area (Å²) in [7, 11) is 0. The number of hydrogen-bond donors (Lipinski definition) is 1. The summed E-state index contributed by atoms with van der Waals surface area (Å²) in [5.41, 5.74) is 0. The monoisotopic (exact) mass is 236 g/mol. The first-order chi connectivity index (χ1) is 8.15. The van der Waals surface area contributed by atoms with Gasteiger partial charge in [-0.2, -0.15) is 0 Å². The van der Waals surface area contributed by atoms with Gasteiger partial charge in [0.15, 0.2) is 0 Å². The van der Waals surface area contributed by atoms with Crippen molar-refractivity contribution in [3.05, 3.63) is 23.7 Å². The first-order valence-electron chi connectivity index (χ1n) is 7.05. The zero-order chi connectivity index (χ0) is 12.3. The Balaban J connectivity index is 1.74. The molecule has 2 heteroatoms. The van der Waals surface area contributed by atoms with Crippen molar-refractivity contribution in [1.82, 2.24) is 0 Å². The number of nitrogens with one attached hydrogen (secondary N) is 1. The van der Waals surface area contributed by atoms with Crippen LogP contribution in [0.1, 0.15) is 50.5 Å². The Kier molecular flexibility index (Phi) is 4.27. The van der Waals surface area contributed by atoms with E-state index in [0.717, 1.165) is 17.4 Å². The molecule has 2 heterocycles. The topological polar surface area (TPSA) is 17.6 Å². The number of likely N-dealkylation sites (tertiary alicyclic amines) is 1. The molecule has 0 unspecified atom stereocenters. The number of piperidine rings is 1. The van der Waals surface area contributed by atoms with E-state index in [2.05, 4.69) is 26.0 Å². The van der Waals surface area contributed by atoms with Crippen LogP contribution in [0, 0.1) is 12.8 Å². The van der Waals surface area contributed by atoms with Crippen molar-refractivity contribution in [1.29, 1.82) is 0 Å². The van der Waals surface area contributed by atoms with Gasteiger partial charge in [-0.3, -0.25) is 0 Å². The van der Waals surface area contributed by atoms with Gasteiger partial charge in [0.05, 0.1) is 19.6 Å². The molecule has 1 fully saturated rings. The van der Waals surface area contributed by atoms with Crippen LogP contribution in [0.3, 0.4) is 0 Å². The molecule has 0 amide bonds. The van der Waals surface area contributed by atoms with Gasteiger partial charge in [0.25, 0.3) is 0 Å². The summed E-state index contributed by atoms with van der Waals surface area (Å²) in [5, 5.41) is 0. The van der Waals surface area contributed by atoms with Crippen LogP contribution in [-0.2, 0) is 0 Å². The first-order valence-corrected chi connectivity index (χ1v) is 7.05. The van der Waals surface area contributed by atoms with E-state index < -0.39 is 0 Å². The fourth-order valence-corrected chi connectivity index (χ4v) is 2.70. The third kappa shape index (κ3) is 3.60. The van der Waals surface area contributed by atoms with Crippen molar-refractivity contribution < 1.29 is 9.32 Å². The Bertz CT molecular complexity index is 336. The molecule has 1 N–H and O–H groups in total. The summed E-state index contributed by atoms with van der Waals surface area (Å²) in [4.78, 5) is 1.79. The highest BCUT2D eigenvalue weighted by Gasteiger charge is 2.20. The Morgan fingerprint density at radius 3 is 2.65 bits per heavy atom. The average Bonchev–Trinajstić information content (AvgIpc) is 2.75. The molecule has 1 atom stereocenters. The standard InChI is InChI=1S/C15H25NO/c1-12-6-9-16(10-7-12)11-8-13(2)15-5-4-14(3)17-15/h4-5,12-13H,6-11H2,1-3H3/p+1/t13-/m0/s1. The van der Waals surface area contributed by atoms with Crippen molar-refractivity contribution in [2.75, 3.05) is 19.6 Å². The van der Waals surface area contributed by atoms with E-state index >= 15 is 0 Å². The minimum Gasteiger partial charge on any atom is -0.466 e. The van der Waals surface area contributed by atoms with Gasteiger partial charge < -0.3 is 9.32 Å². The molecule has 1 aliphatic heterocycles. The molecule has 0 aliphatic carbocycles. The maximum Gasteiger partial charge on any atom is 0.107 e. The smallest absolute Gasteiger partial charge is 0.107 e. The normalized spacial score (nSPS) is 27.0. The summed E-state index contributed by atoms with van der Waals surface area (Å²) in [6.07, 6.45) is 4.06. The van der Waals surface area contributed by atoms with Crippen LogP contribution in [0.25, 0.3) is 0 Å². The lowest BCUT2D eigenvalue weighted by Gasteiger charge is -2.27. The van der Waals surface area contributed by atoms with Crippen LogP contribution in [0.2, 0.25) is 0 Å². The zero-order valence-corrected chi connectivity index (χ0v) is 11.5. The summed E-state index contributed by atoms with van der Waals surface area (Å²) < 4.78 is 5.69. The zero-order valence-electron chi connectivity index (χ0n) is 11.5. The highest BCUT2D eigenvalue weighted by atomic mass is 16.3. The minimum atomic E-state index is 0.565. The quantitative estimate of drug-likeness (QED) is 0.850. The number of aryl methyl sites for hydroxylation is 1. The molecule has 0 aromatic carbocycles. The highest BCUT2D eigenvalue weighted by molar-refractivity contribution is 5.09. The Morgan fingerprint density at radius 2 is 2.06 bits per heavy atom. The van der Waals surface area contributed by atoms with Gasteiger partial charge in [-0.15, -0.1) is 0 Å². The minimum absolute atomic E-state index is 0.565. The van der Waals surface area contributed by atoms with E-state index in [9.17, 15) is 0 Å². The molecule has 1 saturated heterocycles. The second-order valence-electron chi connectivity index (χ2n) is 5.82. The number of quaternary nitrogens is 1. The second-order valence-corrected chi connectivity index (χ2v) is 5.82. The molecule has 17 heavy (non-hydrogen) atoms. The van der Waals surface area contributed by atoms with Gasteiger partial charge in [0, 0.05) is 12.3 Å². The molecule has 0 saturated carbocycles. The maximum absolute atomic E-state index is 5.69. The fourth-order valence-electron chi connectivity index (χ4n) is 2.70. The number of hydrogen-bond acceptors (Lipinski definition) is 1. The predicted molar refractivity (Wildman–Crippen MR) is 70.4 cm³/mol. The third-order valence-electron chi connectivity index (χ3n) is 4.16. The average molecular weight is 236 g/mol.